The standard InChI is InChI=1S/C72H46N4.C66H43N3/c1-5-17-47(18-6-1)49-29-35-67-59(41-49)61-43-51(31-37-69(61)75(67)55-33-39-71-63(45-55)57-25-13-15-27-65(57)73(71)53-21-9-3-10-22-53)52-32-38-70-62(44-52)60-42-50(48-19-7-2-8-20-48)30-36-68(60)76(70)56-34-40-72-64(46-56)58-26-14-16-28-66(58)74(72)54-23-11-4-12-24-54;1-6-16-44(17-7-1)47-26-32-61-55(38-47)57-41-50(29-35-62(57)67(61)52-22-12-4-13-23-52)51-30-36-65-58(42-51)56-39-48(45-18-8-2-9-19-45)28-34-64(56)69(65)54-31-37-66-60(43-54)59-40-49(46-20-10-3-11-21-46)27-33-63(59)68(66)53-24-14-5-15-25-53/h1-46H;1-43H. The SMILES string of the molecule is c1ccc(-c2ccc3c(c2)c2cc(-c4ccc5c(c4)c4cc(-c6ccccc6)ccc4n5-c4ccc5c(c4)c4cc(-c6ccccc6)ccc4n5-c4ccccc4)ccc2n3-c2ccccc2)cc1.c1ccc(-c2ccc3c(c2)c2cc(-c4ccc5c(c4)c4cc(-c6ccccc6)ccc4n5-c4ccc5c(c4)c4ccccc4n5-c4ccccc4)ccc2n3-c2ccc3c(c2)c2ccccc2n3-c2ccccc2)cc1. The third-order valence-corrected chi connectivity index (χ3v) is 30.2. The van der Waals surface area contributed by atoms with Gasteiger partial charge in [-0.25, -0.2) is 0 Å². The van der Waals surface area contributed by atoms with Crippen molar-refractivity contribution in [3.63, 3.8) is 0 Å². The summed E-state index contributed by atoms with van der Waals surface area (Å²) in [7, 11) is 0. The van der Waals surface area contributed by atoms with E-state index in [1.54, 1.807) is 0 Å². The Bertz CT molecular complexity index is 10100. The van der Waals surface area contributed by atoms with Crippen molar-refractivity contribution in [1.82, 2.24) is 32.0 Å². The Labute approximate surface area is 836 Å². The molecular formula is C138H89N7. The number of hydrogen-bond acceptors (Lipinski definition) is 0. The smallest absolute Gasteiger partial charge is 0.0542 e. The quantitative estimate of drug-likeness (QED) is 0.104. The van der Waals surface area contributed by atoms with Crippen LogP contribution in [0.3, 0.4) is 0 Å². The molecule has 0 amide bonds. The molecule has 30 rings (SSSR count). The molecule has 7 nitrogen and oxygen atoms in total. The van der Waals surface area contributed by atoms with Crippen molar-refractivity contribution >= 4 is 153 Å². The maximum absolute atomic E-state index is 2.47. The van der Waals surface area contributed by atoms with Gasteiger partial charge in [0.05, 0.1) is 77.2 Å². The lowest BCUT2D eigenvalue weighted by atomic mass is 9.98. The number of aromatic nitrogens is 7. The first-order valence-corrected chi connectivity index (χ1v) is 49.9. The zero-order chi connectivity index (χ0) is 95.3. The molecule has 7 heteroatoms. The average molecular weight is 1850 g/mol. The van der Waals surface area contributed by atoms with Gasteiger partial charge in [0.2, 0.25) is 0 Å². The third-order valence-electron chi connectivity index (χ3n) is 30.2. The predicted molar refractivity (Wildman–Crippen MR) is 611 cm³/mol. The molecule has 0 fully saturated rings. The molecule has 0 atom stereocenters. The molecular weight excluding hydrogens is 1760 g/mol. The molecule has 23 aromatic carbocycles. The van der Waals surface area contributed by atoms with Gasteiger partial charge in [-0.2, -0.15) is 0 Å². The Balaban J connectivity index is 0.000000138. The van der Waals surface area contributed by atoms with Gasteiger partial charge in [-0.15, -0.1) is 0 Å². The van der Waals surface area contributed by atoms with Crippen LogP contribution in [-0.2, 0) is 0 Å². The molecule has 676 valence electrons. The fourth-order valence-corrected chi connectivity index (χ4v) is 23.5. The summed E-state index contributed by atoms with van der Waals surface area (Å²) in [6.45, 7) is 0. The molecule has 0 saturated carbocycles. The van der Waals surface area contributed by atoms with Crippen LogP contribution in [0.2, 0.25) is 0 Å². The number of rotatable bonds is 14. The molecule has 0 radical (unpaired) electrons. The van der Waals surface area contributed by atoms with Crippen molar-refractivity contribution in [1.29, 1.82) is 0 Å². The highest BCUT2D eigenvalue weighted by Crippen LogP contribution is 2.48. The second kappa shape index (κ2) is 33.7. The van der Waals surface area contributed by atoms with Gasteiger partial charge in [0.1, 0.15) is 0 Å². The first kappa shape index (κ1) is 82.7. The summed E-state index contributed by atoms with van der Waals surface area (Å²) in [5, 5.41) is 17.2. The molecule has 145 heavy (non-hydrogen) atoms. The van der Waals surface area contributed by atoms with E-state index < -0.39 is 0 Å². The fourth-order valence-electron chi connectivity index (χ4n) is 23.5. The summed E-state index contributed by atoms with van der Waals surface area (Å²) in [6, 6.07) is 198. The molecule has 0 aliphatic rings. The minimum atomic E-state index is 1.13. The summed E-state index contributed by atoms with van der Waals surface area (Å²) in [5.74, 6) is 0. The van der Waals surface area contributed by atoms with E-state index in [0.29, 0.717) is 0 Å². The number of fused-ring (bicyclic) bond motifs is 21. The number of nitrogens with zero attached hydrogens (tertiary/aromatic N) is 7. The second-order valence-electron chi connectivity index (χ2n) is 38.2. The fraction of sp³-hybridized carbons (Fsp3) is 0. The van der Waals surface area contributed by atoms with Crippen molar-refractivity contribution < 1.29 is 0 Å². The molecule has 0 aliphatic heterocycles. The van der Waals surface area contributed by atoms with E-state index in [2.05, 4.69) is 572 Å². The lowest BCUT2D eigenvalue weighted by Crippen LogP contribution is -1.96. The predicted octanol–water partition coefficient (Wildman–Crippen LogP) is 36.7. The van der Waals surface area contributed by atoms with Crippen LogP contribution in [0.4, 0.5) is 0 Å². The summed E-state index contributed by atoms with van der Waals surface area (Å²) in [6.07, 6.45) is 0. The van der Waals surface area contributed by atoms with Gasteiger partial charge >= 0.3 is 0 Å². The average Bonchev–Trinajstić information content (AvgIpc) is 1.57. The summed E-state index contributed by atoms with van der Waals surface area (Å²) >= 11 is 0. The lowest BCUT2D eigenvalue weighted by Gasteiger charge is -2.11. The van der Waals surface area contributed by atoms with E-state index in [9.17, 15) is 0 Å². The molecule has 0 bridgehead atoms. The highest BCUT2D eigenvalue weighted by molar-refractivity contribution is 6.20. The third kappa shape index (κ3) is 13.7. The zero-order valence-corrected chi connectivity index (χ0v) is 79.0. The Morgan fingerprint density at radius 2 is 0.207 bits per heavy atom. The van der Waals surface area contributed by atoms with Gasteiger partial charge in [-0.1, -0.05) is 315 Å². The summed E-state index contributed by atoms with van der Waals surface area (Å²) < 4.78 is 17.0. The van der Waals surface area contributed by atoms with Gasteiger partial charge in [0, 0.05) is 115 Å². The molecule has 7 aromatic heterocycles. The van der Waals surface area contributed by atoms with E-state index >= 15 is 0 Å². The maximum Gasteiger partial charge on any atom is 0.0542 e. The van der Waals surface area contributed by atoms with E-state index in [1.165, 1.54) is 231 Å². The molecule has 0 spiro atoms. The molecule has 30 aromatic rings. The van der Waals surface area contributed by atoms with Crippen molar-refractivity contribution in [2.24, 2.45) is 0 Å². The summed E-state index contributed by atoms with van der Waals surface area (Å²) in [4.78, 5) is 0. The van der Waals surface area contributed by atoms with Crippen LogP contribution in [0.5, 0.6) is 0 Å². The maximum atomic E-state index is 2.47. The second-order valence-corrected chi connectivity index (χ2v) is 38.2. The van der Waals surface area contributed by atoms with Crippen LogP contribution in [-0.4, -0.2) is 32.0 Å². The molecule has 0 unspecified atom stereocenters. The van der Waals surface area contributed by atoms with E-state index in [1.807, 2.05) is 0 Å². The number of para-hydroxylation sites is 6. The molecule has 0 N–H and O–H groups in total. The van der Waals surface area contributed by atoms with Crippen molar-refractivity contribution in [2.45, 2.75) is 0 Å². The van der Waals surface area contributed by atoms with E-state index in [-0.39, 0.29) is 0 Å². The van der Waals surface area contributed by atoms with Gasteiger partial charge in [-0.05, 0) is 302 Å². The van der Waals surface area contributed by atoms with Crippen LogP contribution in [0.1, 0.15) is 0 Å². The zero-order valence-electron chi connectivity index (χ0n) is 79.0. The number of hydrogen-bond donors (Lipinski definition) is 0. The topological polar surface area (TPSA) is 34.5 Å². The highest BCUT2D eigenvalue weighted by Gasteiger charge is 2.26. The van der Waals surface area contributed by atoms with Gasteiger partial charge in [0.25, 0.3) is 0 Å². The van der Waals surface area contributed by atoms with Gasteiger partial charge < -0.3 is 32.0 Å². The van der Waals surface area contributed by atoms with Crippen LogP contribution in [0.25, 0.3) is 270 Å². The first-order valence-electron chi connectivity index (χ1n) is 49.9. The minimum absolute atomic E-state index is 1.13. The Hall–Kier alpha value is -19.3. The lowest BCUT2D eigenvalue weighted by molar-refractivity contribution is 1.16. The first-order chi connectivity index (χ1) is 71.9. The monoisotopic (exact) mass is 1840 g/mol. The number of benzene rings is 23. The summed E-state index contributed by atoms with van der Waals surface area (Å²) in [5.41, 5.74) is 41.3. The molecule has 0 aliphatic carbocycles. The van der Waals surface area contributed by atoms with E-state index in [4.69, 9.17) is 0 Å². The van der Waals surface area contributed by atoms with Crippen molar-refractivity contribution in [3.8, 4) is 118 Å². The van der Waals surface area contributed by atoms with Crippen LogP contribution in [0.15, 0.2) is 540 Å². The van der Waals surface area contributed by atoms with Crippen LogP contribution in [0, 0.1) is 0 Å². The molecule has 0 saturated heterocycles. The van der Waals surface area contributed by atoms with Crippen LogP contribution < -0.4 is 0 Å². The van der Waals surface area contributed by atoms with Gasteiger partial charge in [0.15, 0.2) is 0 Å². The normalized spacial score (nSPS) is 11.9. The van der Waals surface area contributed by atoms with Crippen LogP contribution >= 0.6 is 0 Å². The molecule has 7 heterocycles. The Morgan fingerprint density at radius 3 is 0.400 bits per heavy atom. The Morgan fingerprint density at radius 1 is 0.0759 bits per heavy atom. The van der Waals surface area contributed by atoms with E-state index in [0.717, 1.165) is 39.8 Å². The minimum Gasteiger partial charge on any atom is -0.309 e. The largest absolute Gasteiger partial charge is 0.309 e. The van der Waals surface area contributed by atoms with Gasteiger partial charge in [-0.3, -0.25) is 0 Å². The highest BCUT2D eigenvalue weighted by atomic mass is 15.0. The van der Waals surface area contributed by atoms with Crippen molar-refractivity contribution in [2.75, 3.05) is 0 Å². The van der Waals surface area contributed by atoms with Crippen molar-refractivity contribution in [3.05, 3.63) is 540 Å². The Kier molecular flexibility index (Phi) is 19.3.